The molecule has 0 unspecified atom stereocenters. The minimum Gasteiger partial charge on any atom is -0.872 e. The smallest absolute Gasteiger partial charge is 0.872 e. The van der Waals surface area contributed by atoms with Crippen molar-refractivity contribution in [3.05, 3.63) is 96.1 Å². The van der Waals surface area contributed by atoms with Crippen LogP contribution in [0.25, 0.3) is 0 Å². The Hall–Kier alpha value is -2.84. The molecule has 61 heavy (non-hydrogen) atoms. The largest absolute Gasteiger partial charge is 2.00 e. The predicted molar refractivity (Wildman–Crippen MR) is 242 cm³/mol. The second-order valence-electron chi connectivity index (χ2n) is 15.5. The van der Waals surface area contributed by atoms with Crippen LogP contribution in [0.4, 0.5) is 0 Å². The number of ether oxygens (including phenoxy) is 2. The Bertz CT molecular complexity index is 1870. The molecule has 0 spiro atoms. The summed E-state index contributed by atoms with van der Waals surface area (Å²) in [6, 6.07) is 20.7. The van der Waals surface area contributed by atoms with Crippen LogP contribution in [0.5, 0.6) is 34.5 Å². The molecule has 4 aromatic carbocycles. The van der Waals surface area contributed by atoms with Crippen LogP contribution in [0, 0.1) is 0 Å². The number of hydrogen-bond donors (Lipinski definition) is 2. The van der Waals surface area contributed by atoms with Crippen molar-refractivity contribution in [1.29, 1.82) is 0 Å². The summed E-state index contributed by atoms with van der Waals surface area (Å²) in [4.78, 5) is -0.491. The van der Waals surface area contributed by atoms with E-state index in [1.807, 2.05) is 6.07 Å². The van der Waals surface area contributed by atoms with Crippen LogP contribution < -0.4 is 14.6 Å². The van der Waals surface area contributed by atoms with Gasteiger partial charge in [0.05, 0.1) is 9.79 Å². The monoisotopic (exact) mass is 906 g/mol. The fourth-order valence-electron chi connectivity index (χ4n) is 6.89. The van der Waals surface area contributed by atoms with E-state index >= 15 is 0 Å². The van der Waals surface area contributed by atoms with Gasteiger partial charge in [-0.3, -0.25) is 4.55 Å². The van der Waals surface area contributed by atoms with Gasteiger partial charge >= 0.3 is 37.7 Å². The van der Waals surface area contributed by atoms with Gasteiger partial charge in [0.1, 0.15) is 38.9 Å². The molecular formula is C48H66CaO10S2. The molecule has 332 valence electrons. The quantitative estimate of drug-likeness (QED) is 0.0317. The molecule has 0 aliphatic rings. The van der Waals surface area contributed by atoms with Gasteiger partial charge in [0.2, 0.25) is 0 Å². The molecule has 0 aliphatic heterocycles. The first-order chi connectivity index (χ1) is 28.8. The van der Waals surface area contributed by atoms with E-state index in [1.54, 1.807) is 18.2 Å². The number of aryl methyl sites for hydroxylation is 2. The first-order valence-corrected chi connectivity index (χ1v) is 24.8. The van der Waals surface area contributed by atoms with Crippen LogP contribution in [0.2, 0.25) is 0 Å². The summed E-state index contributed by atoms with van der Waals surface area (Å²) in [7, 11) is -8.72. The van der Waals surface area contributed by atoms with Gasteiger partial charge in [0.15, 0.2) is 0 Å². The van der Waals surface area contributed by atoms with Crippen molar-refractivity contribution in [3.63, 3.8) is 0 Å². The summed E-state index contributed by atoms with van der Waals surface area (Å²) >= 11 is 0. The summed E-state index contributed by atoms with van der Waals surface area (Å²) < 4.78 is 76.2. The fourth-order valence-corrected chi connectivity index (χ4v) is 7.84. The first-order valence-electron chi connectivity index (χ1n) is 21.9. The van der Waals surface area contributed by atoms with E-state index in [9.17, 15) is 31.6 Å². The Morgan fingerprint density at radius 2 is 0.852 bits per heavy atom. The maximum atomic E-state index is 11.8. The van der Waals surface area contributed by atoms with E-state index in [4.69, 9.17) is 14.0 Å². The summed E-state index contributed by atoms with van der Waals surface area (Å²) in [5, 5.41) is 21.6. The van der Waals surface area contributed by atoms with Gasteiger partial charge in [-0.05, 0) is 97.5 Å². The molecule has 0 aromatic heterocycles. The number of rotatable bonds is 28. The minimum atomic E-state index is -4.49. The molecule has 0 heterocycles. The van der Waals surface area contributed by atoms with Crippen molar-refractivity contribution in [2.75, 3.05) is 0 Å². The normalized spacial score (nSPS) is 11.3. The summed E-state index contributed by atoms with van der Waals surface area (Å²) in [6.07, 6.45) is 27.0. The van der Waals surface area contributed by atoms with Crippen LogP contribution in [-0.4, -0.2) is 68.8 Å². The van der Waals surface area contributed by atoms with E-state index in [2.05, 4.69) is 13.8 Å². The average molecular weight is 907 g/mol. The number of hydrogen-bond acceptors (Lipinski definition) is 9. The third-order valence-corrected chi connectivity index (χ3v) is 12.1. The summed E-state index contributed by atoms with van der Waals surface area (Å²) in [5.41, 5.74) is 1.96. The van der Waals surface area contributed by atoms with Gasteiger partial charge in [-0.2, -0.15) is 8.42 Å². The van der Waals surface area contributed by atoms with E-state index in [0.29, 0.717) is 23.0 Å². The maximum Gasteiger partial charge on any atom is 2.00 e. The molecule has 0 aliphatic carbocycles. The molecule has 13 heteroatoms. The SMILES string of the molecule is CCCCCCCCCCCCc1ccc(O)cc1Oc1ccc(S(=O)(=O)O)cc1.CCCCCCCCCCCCc1ccc([O-])cc1Oc1ccc(S(=O)(=O)[O-])cc1.[Ca+2]. The van der Waals surface area contributed by atoms with E-state index < -0.39 is 20.2 Å². The van der Waals surface area contributed by atoms with E-state index in [1.165, 1.54) is 170 Å². The van der Waals surface area contributed by atoms with Crippen LogP contribution in [-0.2, 0) is 33.1 Å². The molecule has 2 N–H and O–H groups in total. The van der Waals surface area contributed by atoms with Gasteiger partial charge in [-0.25, -0.2) is 8.42 Å². The van der Waals surface area contributed by atoms with Crippen LogP contribution in [0.3, 0.4) is 0 Å². The molecule has 4 rings (SSSR count). The van der Waals surface area contributed by atoms with Crippen molar-refractivity contribution < 1.29 is 45.6 Å². The van der Waals surface area contributed by atoms with Gasteiger partial charge in [0, 0.05) is 6.07 Å². The molecule has 4 aromatic rings. The van der Waals surface area contributed by atoms with Crippen molar-refractivity contribution in [2.45, 2.75) is 165 Å². The molecule has 0 atom stereocenters. The average Bonchev–Trinajstić information content (AvgIpc) is 3.21. The third kappa shape index (κ3) is 22.9. The second-order valence-corrected chi connectivity index (χ2v) is 18.3. The third-order valence-electron chi connectivity index (χ3n) is 10.4. The first kappa shape index (κ1) is 54.3. The topological polar surface area (TPSA) is 173 Å². The van der Waals surface area contributed by atoms with E-state index in [-0.39, 0.29) is 59.0 Å². The molecule has 0 bridgehead atoms. The molecular weight excluding hydrogens is 841 g/mol. The molecule has 0 saturated carbocycles. The Balaban J connectivity index is 0.000000413. The van der Waals surface area contributed by atoms with Gasteiger partial charge < -0.3 is 24.2 Å². The van der Waals surface area contributed by atoms with Gasteiger partial charge in [-0.1, -0.05) is 148 Å². The number of phenols is 1. The number of benzene rings is 4. The fraction of sp³-hybridized carbons (Fsp3) is 0.500. The van der Waals surface area contributed by atoms with Gasteiger partial charge in [-0.15, -0.1) is 5.75 Å². The van der Waals surface area contributed by atoms with Crippen LogP contribution in [0.1, 0.15) is 153 Å². The maximum absolute atomic E-state index is 11.8. The van der Waals surface area contributed by atoms with Crippen molar-refractivity contribution in [1.82, 2.24) is 0 Å². The number of unbranched alkanes of at least 4 members (excludes halogenated alkanes) is 18. The van der Waals surface area contributed by atoms with Gasteiger partial charge in [0.25, 0.3) is 10.1 Å². The molecule has 0 saturated heterocycles. The van der Waals surface area contributed by atoms with Crippen molar-refractivity contribution in [3.8, 4) is 34.5 Å². The standard InChI is InChI=1S/2C24H34O5S.Ca/c2*1-2-3-4-5-6-7-8-9-10-11-12-20-13-14-21(25)19-24(20)29-22-15-17-23(18-16-22)30(26,27)28;/h2*13-19,25H,2-12H2,1H3,(H,26,27,28);/q;;+2/p-2. The van der Waals surface area contributed by atoms with E-state index in [0.717, 1.165) is 43.2 Å². The Labute approximate surface area is 396 Å². The zero-order valence-corrected chi connectivity index (χ0v) is 40.2. The predicted octanol–water partition coefficient (Wildman–Crippen LogP) is 12.4. The minimum absolute atomic E-state index is 0. The number of aromatic hydroxyl groups is 1. The zero-order chi connectivity index (χ0) is 43.6. The van der Waals surface area contributed by atoms with Crippen LogP contribution >= 0.6 is 0 Å². The molecule has 10 nitrogen and oxygen atoms in total. The zero-order valence-electron chi connectivity index (χ0n) is 36.3. The van der Waals surface area contributed by atoms with Crippen LogP contribution in [0.15, 0.2) is 94.7 Å². The number of phenolic OH excluding ortho intramolecular Hbond substituents is 1. The Morgan fingerprint density at radius 3 is 1.25 bits per heavy atom. The summed E-state index contributed by atoms with van der Waals surface area (Å²) in [6.45, 7) is 4.47. The molecule has 0 radical (unpaired) electrons. The Kier molecular flexibility index (Phi) is 27.0. The Morgan fingerprint density at radius 1 is 0.492 bits per heavy atom. The second kappa shape index (κ2) is 30.3. The molecule has 0 amide bonds. The summed E-state index contributed by atoms with van der Waals surface area (Å²) in [5.74, 6) is 1.85. The van der Waals surface area contributed by atoms with Crippen molar-refractivity contribution >= 4 is 58.0 Å². The van der Waals surface area contributed by atoms with Crippen molar-refractivity contribution in [2.24, 2.45) is 0 Å². The molecule has 0 fully saturated rings.